The predicted molar refractivity (Wildman–Crippen MR) is 131 cm³/mol. The normalized spacial score (nSPS) is 17.7. The summed E-state index contributed by atoms with van der Waals surface area (Å²) >= 11 is 2.45. The molecule has 33 heavy (non-hydrogen) atoms. The van der Waals surface area contributed by atoms with Crippen molar-refractivity contribution in [2.75, 3.05) is 26.6 Å². The van der Waals surface area contributed by atoms with Crippen LogP contribution < -0.4 is 19.5 Å². The molecule has 2 aromatic carbocycles. The van der Waals surface area contributed by atoms with Crippen molar-refractivity contribution in [2.45, 2.75) is 29.2 Å². The van der Waals surface area contributed by atoms with Crippen LogP contribution in [0.2, 0.25) is 0 Å². The predicted octanol–water partition coefficient (Wildman–Crippen LogP) is 4.74. The minimum atomic E-state index is -0.410. The first kappa shape index (κ1) is 21.9. The monoisotopic (exact) mass is 563 g/mol. The molecule has 0 spiro atoms. The van der Waals surface area contributed by atoms with Gasteiger partial charge in [0, 0.05) is 34.1 Å². The van der Waals surface area contributed by atoms with Crippen LogP contribution in [-0.4, -0.2) is 44.8 Å². The number of nitrogens with one attached hydrogen (secondary N) is 1. The molecule has 0 unspecified atom stereocenters. The SMILES string of the molecule is COc1ccc(CNc2nc3c(OC)cc(F)cc3c3nc(C4CC(I)C4)nn23)c(OC)c1. The van der Waals surface area contributed by atoms with Crippen molar-refractivity contribution in [1.29, 1.82) is 0 Å². The first-order valence-corrected chi connectivity index (χ1v) is 11.8. The molecule has 8 nitrogen and oxygen atoms in total. The number of methoxy groups -OCH3 is 3. The molecule has 0 radical (unpaired) electrons. The van der Waals surface area contributed by atoms with Gasteiger partial charge in [0.2, 0.25) is 5.95 Å². The second-order valence-electron chi connectivity index (χ2n) is 7.94. The standard InChI is InChI=1S/C23H23FIN5O3/c1-31-16-5-4-12(18(10-16)32-2)11-26-23-27-20-17(8-14(24)9-19(20)33-3)22-28-21(29-30(22)23)13-6-15(25)7-13/h4-5,8-10,13,15H,6-7,11H2,1-3H3,(H,26,27). The van der Waals surface area contributed by atoms with Crippen LogP contribution in [-0.2, 0) is 6.54 Å². The van der Waals surface area contributed by atoms with E-state index < -0.39 is 5.82 Å². The summed E-state index contributed by atoms with van der Waals surface area (Å²) in [6, 6.07) is 8.39. The van der Waals surface area contributed by atoms with Gasteiger partial charge in [-0.3, -0.25) is 0 Å². The molecule has 1 saturated carbocycles. The number of hydrogen-bond donors (Lipinski definition) is 1. The Kier molecular flexibility index (Phi) is 5.85. The third kappa shape index (κ3) is 4.00. The lowest BCUT2D eigenvalue weighted by Gasteiger charge is -2.28. The lowest BCUT2D eigenvalue weighted by atomic mass is 9.85. The van der Waals surface area contributed by atoms with Crippen LogP contribution in [0.4, 0.5) is 10.3 Å². The summed E-state index contributed by atoms with van der Waals surface area (Å²) in [5.41, 5.74) is 2.00. The molecule has 0 amide bonds. The van der Waals surface area contributed by atoms with E-state index in [-0.39, 0.29) is 0 Å². The van der Waals surface area contributed by atoms with Crippen molar-refractivity contribution in [3.8, 4) is 17.2 Å². The van der Waals surface area contributed by atoms with E-state index in [1.165, 1.54) is 19.2 Å². The lowest BCUT2D eigenvalue weighted by molar-refractivity contribution is 0.391. The second-order valence-corrected chi connectivity index (χ2v) is 9.70. The van der Waals surface area contributed by atoms with Crippen molar-refractivity contribution >= 4 is 45.1 Å². The van der Waals surface area contributed by atoms with Crippen molar-refractivity contribution in [1.82, 2.24) is 19.6 Å². The Morgan fingerprint density at radius 3 is 2.55 bits per heavy atom. The summed E-state index contributed by atoms with van der Waals surface area (Å²) in [5, 5.41) is 8.66. The fourth-order valence-corrected chi connectivity index (χ4v) is 5.27. The van der Waals surface area contributed by atoms with Crippen LogP contribution in [0.5, 0.6) is 17.2 Å². The molecular weight excluding hydrogens is 540 g/mol. The fourth-order valence-electron chi connectivity index (χ4n) is 4.04. The Morgan fingerprint density at radius 1 is 1.06 bits per heavy atom. The molecule has 1 N–H and O–H groups in total. The summed E-state index contributed by atoms with van der Waals surface area (Å²) in [5.74, 6) is 2.89. The fraction of sp³-hybridized carbons (Fsp3) is 0.348. The van der Waals surface area contributed by atoms with Crippen LogP contribution in [0.1, 0.15) is 30.1 Å². The molecule has 172 valence electrons. The van der Waals surface area contributed by atoms with Gasteiger partial charge in [0.15, 0.2) is 11.5 Å². The van der Waals surface area contributed by atoms with Crippen molar-refractivity contribution in [3.05, 3.63) is 47.5 Å². The van der Waals surface area contributed by atoms with Gasteiger partial charge in [0.1, 0.15) is 28.6 Å². The molecule has 0 saturated heterocycles. The average molecular weight is 563 g/mol. The quantitative estimate of drug-likeness (QED) is 0.257. The van der Waals surface area contributed by atoms with Gasteiger partial charge in [-0.1, -0.05) is 22.6 Å². The Labute approximate surface area is 203 Å². The number of fused-ring (bicyclic) bond motifs is 3. The highest BCUT2D eigenvalue weighted by molar-refractivity contribution is 14.1. The third-order valence-corrected chi connectivity index (χ3v) is 6.94. The number of benzene rings is 2. The van der Waals surface area contributed by atoms with E-state index >= 15 is 0 Å². The van der Waals surface area contributed by atoms with Crippen LogP contribution in [0, 0.1) is 5.82 Å². The first-order chi connectivity index (χ1) is 16.0. The zero-order chi connectivity index (χ0) is 23.1. The molecule has 0 atom stereocenters. The highest BCUT2D eigenvalue weighted by Crippen LogP contribution is 2.41. The first-order valence-electron chi connectivity index (χ1n) is 10.5. The third-order valence-electron chi connectivity index (χ3n) is 5.92. The zero-order valence-electron chi connectivity index (χ0n) is 18.4. The van der Waals surface area contributed by atoms with Crippen LogP contribution in [0.25, 0.3) is 16.6 Å². The summed E-state index contributed by atoms with van der Waals surface area (Å²) in [4.78, 5) is 9.53. The molecule has 5 rings (SSSR count). The van der Waals surface area contributed by atoms with Crippen molar-refractivity contribution in [3.63, 3.8) is 0 Å². The van der Waals surface area contributed by atoms with E-state index in [0.717, 1.165) is 24.2 Å². The van der Waals surface area contributed by atoms with E-state index in [4.69, 9.17) is 29.3 Å². The number of rotatable bonds is 7. The van der Waals surface area contributed by atoms with Gasteiger partial charge < -0.3 is 19.5 Å². The minimum absolute atomic E-state index is 0.298. The van der Waals surface area contributed by atoms with E-state index in [1.54, 1.807) is 18.7 Å². The van der Waals surface area contributed by atoms with Crippen LogP contribution >= 0.6 is 22.6 Å². The van der Waals surface area contributed by atoms with Gasteiger partial charge in [-0.15, -0.1) is 5.10 Å². The Morgan fingerprint density at radius 2 is 1.85 bits per heavy atom. The van der Waals surface area contributed by atoms with Gasteiger partial charge in [-0.25, -0.2) is 14.4 Å². The number of aromatic nitrogens is 4. The molecular formula is C23H23FIN5O3. The summed E-state index contributed by atoms with van der Waals surface area (Å²) < 4.78 is 32.8. The van der Waals surface area contributed by atoms with E-state index in [9.17, 15) is 4.39 Å². The number of ether oxygens (including phenoxy) is 3. The van der Waals surface area contributed by atoms with E-state index in [0.29, 0.717) is 56.1 Å². The molecule has 2 aromatic heterocycles. The number of halogens is 2. The Bertz CT molecular complexity index is 1340. The Hall–Kier alpha value is -2.89. The number of nitrogens with zero attached hydrogens (tertiary/aromatic N) is 4. The van der Waals surface area contributed by atoms with E-state index in [1.807, 2.05) is 18.2 Å². The zero-order valence-corrected chi connectivity index (χ0v) is 20.6. The number of alkyl halides is 1. The molecule has 1 aliphatic carbocycles. The highest BCUT2D eigenvalue weighted by Gasteiger charge is 2.32. The summed E-state index contributed by atoms with van der Waals surface area (Å²) in [6.45, 7) is 0.429. The Balaban J connectivity index is 1.60. The maximum atomic E-state index is 14.3. The molecule has 1 aliphatic rings. The van der Waals surface area contributed by atoms with Crippen LogP contribution in [0.15, 0.2) is 30.3 Å². The smallest absolute Gasteiger partial charge is 0.226 e. The molecule has 0 bridgehead atoms. The minimum Gasteiger partial charge on any atom is -0.497 e. The molecule has 1 fully saturated rings. The van der Waals surface area contributed by atoms with Crippen molar-refractivity contribution < 1.29 is 18.6 Å². The average Bonchev–Trinajstić information content (AvgIpc) is 3.25. The molecule has 4 aromatic rings. The number of anilines is 1. The van der Waals surface area contributed by atoms with Gasteiger partial charge >= 0.3 is 0 Å². The molecule has 10 heteroatoms. The van der Waals surface area contributed by atoms with E-state index in [2.05, 4.69) is 27.9 Å². The van der Waals surface area contributed by atoms with Crippen LogP contribution in [0.3, 0.4) is 0 Å². The maximum Gasteiger partial charge on any atom is 0.226 e. The number of hydrogen-bond acceptors (Lipinski definition) is 7. The van der Waals surface area contributed by atoms with Gasteiger partial charge in [0.05, 0.1) is 26.7 Å². The van der Waals surface area contributed by atoms with Gasteiger partial charge in [-0.2, -0.15) is 4.52 Å². The van der Waals surface area contributed by atoms with Crippen molar-refractivity contribution in [2.24, 2.45) is 0 Å². The molecule has 0 aliphatic heterocycles. The maximum absolute atomic E-state index is 14.3. The van der Waals surface area contributed by atoms with Gasteiger partial charge in [-0.05, 0) is 31.0 Å². The molecule has 2 heterocycles. The highest BCUT2D eigenvalue weighted by atomic mass is 127. The topological polar surface area (TPSA) is 82.8 Å². The summed E-state index contributed by atoms with van der Waals surface area (Å²) in [6.07, 6.45) is 2.07. The van der Waals surface area contributed by atoms with Gasteiger partial charge in [0.25, 0.3) is 0 Å². The lowest BCUT2D eigenvalue weighted by Crippen LogP contribution is -2.22. The second kappa shape index (κ2) is 8.81. The summed E-state index contributed by atoms with van der Waals surface area (Å²) in [7, 11) is 4.73. The largest absolute Gasteiger partial charge is 0.497 e.